The molecule has 1 fully saturated rings. The van der Waals surface area contributed by atoms with Gasteiger partial charge in [-0.1, -0.05) is 54.2 Å². The summed E-state index contributed by atoms with van der Waals surface area (Å²) in [6.07, 6.45) is 4.20. The van der Waals surface area contributed by atoms with Crippen molar-refractivity contribution in [2.24, 2.45) is 0 Å². The summed E-state index contributed by atoms with van der Waals surface area (Å²) >= 11 is 12.3. The van der Waals surface area contributed by atoms with Crippen molar-refractivity contribution in [1.29, 1.82) is 0 Å². The maximum absolute atomic E-state index is 13.2. The molecule has 1 N–H and O–H groups in total. The zero-order valence-electron chi connectivity index (χ0n) is 16.8. The Labute approximate surface area is 186 Å². The van der Waals surface area contributed by atoms with Gasteiger partial charge < -0.3 is 10.2 Å². The monoisotopic (exact) mass is 450 g/mol. The number of nitrogens with one attached hydrogen (secondary N) is 1. The fourth-order valence-electron chi connectivity index (χ4n) is 3.69. The third-order valence-corrected chi connectivity index (χ3v) is 6.08. The van der Waals surface area contributed by atoms with Gasteiger partial charge in [0.05, 0.1) is 6.42 Å². The number of halogens is 3. The minimum Gasteiger partial charge on any atom is -0.352 e. The maximum atomic E-state index is 13.2. The Hall–Kier alpha value is -2.11. The molecule has 2 amide bonds. The van der Waals surface area contributed by atoms with Crippen LogP contribution in [-0.2, 0) is 22.6 Å². The van der Waals surface area contributed by atoms with E-state index in [-0.39, 0.29) is 36.6 Å². The Kier molecular flexibility index (Phi) is 7.73. The molecule has 7 heteroatoms. The lowest BCUT2D eigenvalue weighted by Crippen LogP contribution is -2.50. The van der Waals surface area contributed by atoms with Crippen LogP contribution in [0.2, 0.25) is 10.0 Å². The molecule has 1 saturated carbocycles. The maximum Gasteiger partial charge on any atom is 0.242 e. The highest BCUT2D eigenvalue weighted by Gasteiger charge is 2.29. The van der Waals surface area contributed by atoms with Gasteiger partial charge in [-0.2, -0.15) is 0 Å². The fourth-order valence-corrected chi connectivity index (χ4v) is 4.15. The zero-order chi connectivity index (χ0) is 21.7. The van der Waals surface area contributed by atoms with Crippen molar-refractivity contribution in [3.05, 3.63) is 69.5 Å². The second kappa shape index (κ2) is 10.3. The Morgan fingerprint density at radius 2 is 1.80 bits per heavy atom. The molecular weight excluding hydrogens is 426 g/mol. The van der Waals surface area contributed by atoms with Crippen molar-refractivity contribution in [1.82, 2.24) is 10.2 Å². The Balaban J connectivity index is 1.79. The first-order valence-corrected chi connectivity index (χ1v) is 10.9. The van der Waals surface area contributed by atoms with Gasteiger partial charge in [0.1, 0.15) is 11.9 Å². The van der Waals surface area contributed by atoms with E-state index >= 15 is 0 Å². The number of hydrogen-bond acceptors (Lipinski definition) is 2. The summed E-state index contributed by atoms with van der Waals surface area (Å²) in [5, 5.41) is 3.99. The highest BCUT2D eigenvalue weighted by Crippen LogP contribution is 2.24. The smallest absolute Gasteiger partial charge is 0.242 e. The lowest BCUT2D eigenvalue weighted by molar-refractivity contribution is -0.140. The summed E-state index contributed by atoms with van der Waals surface area (Å²) in [5.41, 5.74) is 1.38. The van der Waals surface area contributed by atoms with Gasteiger partial charge in [0.15, 0.2) is 0 Å². The van der Waals surface area contributed by atoms with Crippen molar-refractivity contribution in [3.63, 3.8) is 0 Å². The van der Waals surface area contributed by atoms with E-state index in [1.807, 2.05) is 0 Å². The van der Waals surface area contributed by atoms with E-state index in [1.54, 1.807) is 37.3 Å². The minimum atomic E-state index is -0.676. The van der Waals surface area contributed by atoms with Crippen molar-refractivity contribution in [2.45, 2.75) is 57.7 Å². The van der Waals surface area contributed by atoms with Crippen LogP contribution in [0, 0.1) is 5.82 Å². The fraction of sp³-hybridized carbons (Fsp3) is 0.391. The van der Waals surface area contributed by atoms with Crippen molar-refractivity contribution in [2.75, 3.05) is 0 Å². The van der Waals surface area contributed by atoms with Crippen LogP contribution < -0.4 is 5.32 Å². The molecule has 3 rings (SSSR count). The SMILES string of the molecule is C[C@@H](C(=O)NC1CCCC1)N(Cc1ccc(Cl)cc1Cl)C(=O)Cc1ccc(F)cc1. The first-order chi connectivity index (χ1) is 14.3. The van der Waals surface area contributed by atoms with E-state index in [2.05, 4.69) is 5.32 Å². The third kappa shape index (κ3) is 5.96. The summed E-state index contributed by atoms with van der Waals surface area (Å²) in [6.45, 7) is 1.89. The lowest BCUT2D eigenvalue weighted by Gasteiger charge is -2.30. The number of nitrogens with zero attached hydrogens (tertiary/aromatic N) is 1. The molecule has 0 spiro atoms. The van der Waals surface area contributed by atoms with Gasteiger partial charge in [-0.25, -0.2) is 4.39 Å². The predicted molar refractivity (Wildman–Crippen MR) is 117 cm³/mol. The summed E-state index contributed by atoms with van der Waals surface area (Å²) < 4.78 is 13.2. The number of rotatable bonds is 7. The Bertz CT molecular complexity index is 899. The number of benzene rings is 2. The van der Waals surface area contributed by atoms with Crippen LogP contribution in [0.4, 0.5) is 4.39 Å². The molecule has 2 aromatic carbocycles. The molecule has 1 atom stereocenters. The molecule has 30 heavy (non-hydrogen) atoms. The molecule has 0 unspecified atom stereocenters. The van der Waals surface area contributed by atoms with E-state index in [9.17, 15) is 14.0 Å². The standard InChI is InChI=1S/C23H25Cl2FN2O2/c1-15(23(30)27-20-4-2-3-5-20)28(14-17-8-9-18(24)13-21(17)25)22(29)12-16-6-10-19(26)11-7-16/h6-11,13,15,20H,2-5,12,14H2,1H3,(H,27,30)/t15-/m0/s1. The molecule has 0 aliphatic heterocycles. The van der Waals surface area contributed by atoms with E-state index < -0.39 is 6.04 Å². The summed E-state index contributed by atoms with van der Waals surface area (Å²) in [6, 6.07) is 10.3. The van der Waals surface area contributed by atoms with Crippen LogP contribution in [0.25, 0.3) is 0 Å². The van der Waals surface area contributed by atoms with Crippen molar-refractivity contribution >= 4 is 35.0 Å². The van der Waals surface area contributed by atoms with Gasteiger partial charge in [-0.15, -0.1) is 0 Å². The van der Waals surface area contributed by atoms with Gasteiger partial charge in [0.2, 0.25) is 11.8 Å². The molecular formula is C23H25Cl2FN2O2. The van der Waals surface area contributed by atoms with Gasteiger partial charge in [-0.3, -0.25) is 9.59 Å². The summed E-state index contributed by atoms with van der Waals surface area (Å²) in [7, 11) is 0. The van der Waals surface area contributed by atoms with Crippen LogP contribution in [0.15, 0.2) is 42.5 Å². The number of amides is 2. The summed E-state index contributed by atoms with van der Waals surface area (Å²) in [4.78, 5) is 27.5. The summed E-state index contributed by atoms with van der Waals surface area (Å²) in [5.74, 6) is -0.776. The average molecular weight is 451 g/mol. The molecule has 0 radical (unpaired) electrons. The molecule has 0 aromatic heterocycles. The largest absolute Gasteiger partial charge is 0.352 e. The van der Waals surface area contributed by atoms with Gasteiger partial charge in [0.25, 0.3) is 0 Å². The average Bonchev–Trinajstić information content (AvgIpc) is 3.21. The van der Waals surface area contributed by atoms with E-state index in [1.165, 1.54) is 17.0 Å². The number of carbonyl (C=O) groups is 2. The molecule has 0 bridgehead atoms. The highest BCUT2D eigenvalue weighted by molar-refractivity contribution is 6.35. The number of carbonyl (C=O) groups excluding carboxylic acids is 2. The molecule has 2 aromatic rings. The van der Waals surface area contributed by atoms with Crippen molar-refractivity contribution < 1.29 is 14.0 Å². The van der Waals surface area contributed by atoms with Crippen LogP contribution >= 0.6 is 23.2 Å². The normalized spacial score (nSPS) is 15.1. The van der Waals surface area contributed by atoms with Crippen LogP contribution in [0.1, 0.15) is 43.7 Å². The van der Waals surface area contributed by atoms with Crippen LogP contribution in [0.3, 0.4) is 0 Å². The Morgan fingerprint density at radius 3 is 2.43 bits per heavy atom. The molecule has 1 aliphatic rings. The second-order valence-electron chi connectivity index (χ2n) is 7.73. The topological polar surface area (TPSA) is 49.4 Å². The molecule has 0 saturated heterocycles. The van der Waals surface area contributed by atoms with E-state index in [0.29, 0.717) is 21.2 Å². The van der Waals surface area contributed by atoms with Gasteiger partial charge in [0, 0.05) is 22.6 Å². The molecule has 0 heterocycles. The first-order valence-electron chi connectivity index (χ1n) is 10.1. The molecule has 4 nitrogen and oxygen atoms in total. The molecule has 1 aliphatic carbocycles. The first kappa shape index (κ1) is 22.6. The minimum absolute atomic E-state index is 0.0620. The van der Waals surface area contributed by atoms with Gasteiger partial charge in [-0.05, 0) is 55.2 Å². The quantitative estimate of drug-likeness (QED) is 0.633. The highest BCUT2D eigenvalue weighted by atomic mass is 35.5. The zero-order valence-corrected chi connectivity index (χ0v) is 18.3. The Morgan fingerprint density at radius 1 is 1.13 bits per heavy atom. The van der Waals surface area contributed by atoms with Crippen molar-refractivity contribution in [3.8, 4) is 0 Å². The van der Waals surface area contributed by atoms with E-state index in [4.69, 9.17) is 23.2 Å². The second-order valence-corrected chi connectivity index (χ2v) is 8.57. The van der Waals surface area contributed by atoms with Crippen LogP contribution in [-0.4, -0.2) is 28.8 Å². The third-order valence-electron chi connectivity index (χ3n) is 5.49. The lowest BCUT2D eigenvalue weighted by atomic mass is 10.1. The molecule has 160 valence electrons. The van der Waals surface area contributed by atoms with Crippen LogP contribution in [0.5, 0.6) is 0 Å². The number of hydrogen-bond donors (Lipinski definition) is 1. The van der Waals surface area contributed by atoms with E-state index in [0.717, 1.165) is 25.7 Å². The predicted octanol–water partition coefficient (Wildman–Crippen LogP) is 5.15. The van der Waals surface area contributed by atoms with Gasteiger partial charge >= 0.3 is 0 Å².